The molecule has 0 aliphatic carbocycles. The molecule has 0 amide bonds. The standard InChI is InChI=1S/C11H20ClN3O/c1-11(2,3)10(13)9-8(12)7-14-15(9)5-6-16-4/h7,10H,5-6,13H2,1-4H3. The maximum absolute atomic E-state index is 6.20. The summed E-state index contributed by atoms with van der Waals surface area (Å²) in [4.78, 5) is 0. The quantitative estimate of drug-likeness (QED) is 0.885. The van der Waals surface area contributed by atoms with E-state index in [4.69, 9.17) is 22.1 Å². The van der Waals surface area contributed by atoms with Crippen LogP contribution in [0.5, 0.6) is 0 Å². The summed E-state index contributed by atoms with van der Waals surface area (Å²) in [6.45, 7) is 7.52. The van der Waals surface area contributed by atoms with E-state index in [9.17, 15) is 0 Å². The van der Waals surface area contributed by atoms with Crippen LogP contribution in [-0.4, -0.2) is 23.5 Å². The summed E-state index contributed by atoms with van der Waals surface area (Å²) in [6, 6.07) is -0.139. The van der Waals surface area contributed by atoms with Gasteiger partial charge in [0.1, 0.15) is 0 Å². The van der Waals surface area contributed by atoms with Crippen molar-refractivity contribution >= 4 is 11.6 Å². The Balaban J connectivity index is 2.97. The molecule has 0 bridgehead atoms. The van der Waals surface area contributed by atoms with E-state index in [2.05, 4.69) is 25.9 Å². The molecule has 1 heterocycles. The van der Waals surface area contributed by atoms with Gasteiger partial charge >= 0.3 is 0 Å². The molecule has 1 aromatic heterocycles. The molecule has 0 aliphatic rings. The Morgan fingerprint density at radius 1 is 1.56 bits per heavy atom. The summed E-state index contributed by atoms with van der Waals surface area (Å²) in [5, 5.41) is 4.84. The second kappa shape index (κ2) is 5.17. The van der Waals surface area contributed by atoms with Gasteiger partial charge in [-0.25, -0.2) is 0 Å². The molecule has 0 aromatic carbocycles. The molecule has 1 atom stereocenters. The summed E-state index contributed by atoms with van der Waals surface area (Å²) >= 11 is 6.12. The van der Waals surface area contributed by atoms with E-state index in [1.165, 1.54) is 0 Å². The number of nitrogens with zero attached hydrogens (tertiary/aromatic N) is 2. The molecule has 0 radical (unpaired) electrons. The first kappa shape index (κ1) is 13.5. The highest BCUT2D eigenvalue weighted by atomic mass is 35.5. The molecule has 1 unspecified atom stereocenters. The van der Waals surface area contributed by atoms with Crippen LogP contribution in [0.2, 0.25) is 5.02 Å². The second-order valence-corrected chi connectivity index (χ2v) is 5.34. The minimum absolute atomic E-state index is 0.0471. The number of nitrogens with two attached hydrogens (primary N) is 1. The van der Waals surface area contributed by atoms with Gasteiger partial charge in [-0.15, -0.1) is 0 Å². The van der Waals surface area contributed by atoms with Crippen LogP contribution < -0.4 is 5.73 Å². The van der Waals surface area contributed by atoms with Crippen LogP contribution in [0.15, 0.2) is 6.20 Å². The number of halogens is 1. The van der Waals surface area contributed by atoms with Crippen molar-refractivity contribution in [1.82, 2.24) is 9.78 Å². The van der Waals surface area contributed by atoms with Crippen LogP contribution in [0.4, 0.5) is 0 Å². The highest BCUT2D eigenvalue weighted by Crippen LogP contribution is 2.34. The lowest BCUT2D eigenvalue weighted by Gasteiger charge is -2.28. The largest absolute Gasteiger partial charge is 0.383 e. The van der Waals surface area contributed by atoms with Crippen molar-refractivity contribution in [2.45, 2.75) is 33.4 Å². The van der Waals surface area contributed by atoms with E-state index >= 15 is 0 Å². The van der Waals surface area contributed by atoms with E-state index in [0.29, 0.717) is 18.2 Å². The zero-order chi connectivity index (χ0) is 12.3. The van der Waals surface area contributed by atoms with Gasteiger partial charge in [0.15, 0.2) is 0 Å². The SMILES string of the molecule is COCCn1ncc(Cl)c1C(N)C(C)(C)C. The number of hydrogen-bond acceptors (Lipinski definition) is 3. The molecule has 92 valence electrons. The van der Waals surface area contributed by atoms with Crippen molar-refractivity contribution < 1.29 is 4.74 Å². The fourth-order valence-electron chi connectivity index (χ4n) is 1.45. The third-order valence-electron chi connectivity index (χ3n) is 2.57. The van der Waals surface area contributed by atoms with Crippen LogP contribution >= 0.6 is 11.6 Å². The smallest absolute Gasteiger partial charge is 0.0834 e. The van der Waals surface area contributed by atoms with Crippen LogP contribution in [0.25, 0.3) is 0 Å². The molecule has 0 saturated heterocycles. The normalized spacial score (nSPS) is 14.1. The van der Waals surface area contributed by atoms with Crippen molar-refractivity contribution in [2.24, 2.45) is 11.1 Å². The lowest BCUT2D eigenvalue weighted by Crippen LogP contribution is -2.29. The molecule has 0 fully saturated rings. The maximum atomic E-state index is 6.20. The molecule has 5 heteroatoms. The molecule has 4 nitrogen and oxygen atoms in total. The minimum atomic E-state index is -0.139. The van der Waals surface area contributed by atoms with E-state index in [1.807, 2.05) is 4.68 Å². The van der Waals surface area contributed by atoms with Crippen molar-refractivity contribution in [3.63, 3.8) is 0 Å². The number of hydrogen-bond donors (Lipinski definition) is 1. The molecule has 1 rings (SSSR count). The van der Waals surface area contributed by atoms with Gasteiger partial charge < -0.3 is 10.5 Å². The van der Waals surface area contributed by atoms with E-state index < -0.39 is 0 Å². The Labute approximate surface area is 102 Å². The fraction of sp³-hybridized carbons (Fsp3) is 0.727. The second-order valence-electron chi connectivity index (χ2n) is 4.94. The predicted octanol–water partition coefficient (Wildman–Crippen LogP) is 2.23. The topological polar surface area (TPSA) is 53.1 Å². The summed E-state index contributed by atoms with van der Waals surface area (Å²) in [5.74, 6) is 0. The van der Waals surface area contributed by atoms with Gasteiger partial charge in [-0.2, -0.15) is 5.10 Å². The first-order chi connectivity index (χ1) is 7.38. The Morgan fingerprint density at radius 2 is 2.19 bits per heavy atom. The Kier molecular flexibility index (Phi) is 4.35. The fourth-order valence-corrected chi connectivity index (χ4v) is 1.71. The first-order valence-electron chi connectivity index (χ1n) is 5.33. The number of aromatic nitrogens is 2. The average molecular weight is 246 g/mol. The average Bonchev–Trinajstić information content (AvgIpc) is 2.54. The lowest BCUT2D eigenvalue weighted by atomic mass is 9.85. The van der Waals surface area contributed by atoms with E-state index in [1.54, 1.807) is 13.3 Å². The zero-order valence-corrected chi connectivity index (χ0v) is 11.1. The van der Waals surface area contributed by atoms with Crippen LogP contribution in [0, 0.1) is 5.41 Å². The predicted molar refractivity (Wildman–Crippen MR) is 65.5 cm³/mol. The molecule has 0 saturated carbocycles. The summed E-state index contributed by atoms with van der Waals surface area (Å²) < 4.78 is 6.85. The molecule has 0 spiro atoms. The monoisotopic (exact) mass is 245 g/mol. The minimum Gasteiger partial charge on any atom is -0.383 e. The van der Waals surface area contributed by atoms with Crippen molar-refractivity contribution in [1.29, 1.82) is 0 Å². The first-order valence-corrected chi connectivity index (χ1v) is 5.71. The molecule has 1 aromatic rings. The third kappa shape index (κ3) is 2.97. The van der Waals surface area contributed by atoms with Crippen LogP contribution in [0.3, 0.4) is 0 Å². The summed E-state index contributed by atoms with van der Waals surface area (Å²) in [7, 11) is 1.66. The zero-order valence-electron chi connectivity index (χ0n) is 10.3. The van der Waals surface area contributed by atoms with Gasteiger partial charge in [0.25, 0.3) is 0 Å². The van der Waals surface area contributed by atoms with Gasteiger partial charge in [-0.3, -0.25) is 4.68 Å². The molecular formula is C11H20ClN3O. The van der Waals surface area contributed by atoms with Gasteiger partial charge in [-0.1, -0.05) is 32.4 Å². The van der Waals surface area contributed by atoms with E-state index in [0.717, 1.165) is 5.69 Å². The highest BCUT2D eigenvalue weighted by molar-refractivity contribution is 6.31. The van der Waals surface area contributed by atoms with E-state index in [-0.39, 0.29) is 11.5 Å². The summed E-state index contributed by atoms with van der Waals surface area (Å²) in [5.41, 5.74) is 7.04. The Morgan fingerprint density at radius 3 is 2.69 bits per heavy atom. The number of ether oxygens (including phenoxy) is 1. The Hall–Kier alpha value is -0.580. The molecule has 2 N–H and O–H groups in total. The van der Waals surface area contributed by atoms with Gasteiger partial charge in [0, 0.05) is 7.11 Å². The number of rotatable bonds is 4. The van der Waals surface area contributed by atoms with Crippen LogP contribution in [-0.2, 0) is 11.3 Å². The Bertz CT molecular complexity index is 343. The van der Waals surface area contributed by atoms with Gasteiger partial charge in [0.05, 0.1) is 36.1 Å². The lowest BCUT2D eigenvalue weighted by molar-refractivity contribution is 0.180. The maximum Gasteiger partial charge on any atom is 0.0834 e. The third-order valence-corrected chi connectivity index (χ3v) is 2.86. The van der Waals surface area contributed by atoms with Gasteiger partial charge in [-0.05, 0) is 5.41 Å². The summed E-state index contributed by atoms with van der Waals surface area (Å²) in [6.07, 6.45) is 1.64. The van der Waals surface area contributed by atoms with Crippen molar-refractivity contribution in [3.05, 3.63) is 16.9 Å². The van der Waals surface area contributed by atoms with Crippen molar-refractivity contribution in [2.75, 3.05) is 13.7 Å². The molecule has 16 heavy (non-hydrogen) atoms. The van der Waals surface area contributed by atoms with Gasteiger partial charge in [0.2, 0.25) is 0 Å². The molecular weight excluding hydrogens is 226 g/mol. The highest BCUT2D eigenvalue weighted by Gasteiger charge is 2.27. The van der Waals surface area contributed by atoms with Crippen molar-refractivity contribution in [3.8, 4) is 0 Å². The molecule has 0 aliphatic heterocycles. The number of methoxy groups -OCH3 is 1. The van der Waals surface area contributed by atoms with Crippen LogP contribution in [0.1, 0.15) is 32.5 Å².